The summed E-state index contributed by atoms with van der Waals surface area (Å²) in [6.45, 7) is 1.43. The quantitative estimate of drug-likeness (QED) is 0.779. The molecule has 0 bridgehead atoms. The summed E-state index contributed by atoms with van der Waals surface area (Å²) in [6, 6.07) is 17.6. The maximum atomic E-state index is 11.3. The lowest BCUT2D eigenvalue weighted by Crippen LogP contribution is -2.11. The zero-order valence-electron chi connectivity index (χ0n) is 11.7. The minimum Gasteiger partial charge on any atom is -0.497 e. The van der Waals surface area contributed by atoms with Crippen LogP contribution in [0.2, 0.25) is 0 Å². The van der Waals surface area contributed by atoms with Crippen molar-refractivity contribution < 1.29 is 14.3 Å². The molecule has 2 aromatic rings. The van der Waals surface area contributed by atoms with Crippen molar-refractivity contribution in [3.8, 4) is 5.75 Å². The number of hydrogen-bond donors (Lipinski definition) is 0. The lowest BCUT2D eigenvalue weighted by molar-refractivity contribution is -0.146. The molecule has 0 radical (unpaired) electrons. The predicted octanol–water partition coefficient (Wildman–Crippen LogP) is 3.54. The Kier molecular flexibility index (Phi) is 4.77. The van der Waals surface area contributed by atoms with Crippen LogP contribution in [-0.2, 0) is 16.0 Å². The number of benzene rings is 2. The van der Waals surface area contributed by atoms with Gasteiger partial charge in [-0.3, -0.25) is 4.79 Å². The Labute approximate surface area is 119 Å². The summed E-state index contributed by atoms with van der Waals surface area (Å²) >= 11 is 0. The van der Waals surface area contributed by atoms with Gasteiger partial charge in [-0.15, -0.1) is 0 Å². The Morgan fingerprint density at radius 1 is 1.10 bits per heavy atom. The van der Waals surface area contributed by atoms with Gasteiger partial charge in [0.25, 0.3) is 0 Å². The van der Waals surface area contributed by atoms with Crippen LogP contribution in [0.25, 0.3) is 0 Å². The first-order chi connectivity index (χ1) is 9.69. The van der Waals surface area contributed by atoms with Gasteiger partial charge in [-0.1, -0.05) is 42.5 Å². The highest BCUT2D eigenvalue weighted by molar-refractivity contribution is 5.66. The number of esters is 1. The standard InChI is InChI=1S/C17H18O3/c1-13(18)20-17(11-14-7-4-3-5-8-14)15-9-6-10-16(12-15)19-2/h3-10,12,17H,11H2,1-2H3. The zero-order valence-corrected chi connectivity index (χ0v) is 11.7. The van der Waals surface area contributed by atoms with Crippen molar-refractivity contribution in [3.63, 3.8) is 0 Å². The van der Waals surface area contributed by atoms with Gasteiger partial charge in [-0.25, -0.2) is 0 Å². The molecule has 1 unspecified atom stereocenters. The molecule has 0 saturated heterocycles. The van der Waals surface area contributed by atoms with Crippen LogP contribution in [0, 0.1) is 0 Å². The molecule has 3 nitrogen and oxygen atoms in total. The fourth-order valence-corrected chi connectivity index (χ4v) is 2.10. The number of carbonyl (C=O) groups is 1. The topological polar surface area (TPSA) is 35.5 Å². The number of methoxy groups -OCH3 is 1. The van der Waals surface area contributed by atoms with Crippen LogP contribution < -0.4 is 4.74 Å². The van der Waals surface area contributed by atoms with Crippen molar-refractivity contribution >= 4 is 5.97 Å². The molecule has 0 saturated carbocycles. The average Bonchev–Trinajstić information content (AvgIpc) is 2.47. The van der Waals surface area contributed by atoms with Gasteiger partial charge in [0.2, 0.25) is 0 Å². The van der Waals surface area contributed by atoms with E-state index < -0.39 is 0 Å². The molecule has 20 heavy (non-hydrogen) atoms. The molecule has 0 heterocycles. The summed E-state index contributed by atoms with van der Waals surface area (Å²) < 4.78 is 10.7. The predicted molar refractivity (Wildman–Crippen MR) is 77.6 cm³/mol. The largest absolute Gasteiger partial charge is 0.497 e. The van der Waals surface area contributed by atoms with E-state index in [1.54, 1.807) is 7.11 Å². The van der Waals surface area contributed by atoms with Crippen LogP contribution >= 0.6 is 0 Å². The molecule has 0 aliphatic carbocycles. The van der Waals surface area contributed by atoms with Crippen LogP contribution in [0.15, 0.2) is 54.6 Å². The SMILES string of the molecule is COc1cccc(C(Cc2ccccc2)OC(C)=O)c1. The fourth-order valence-electron chi connectivity index (χ4n) is 2.10. The summed E-state index contributed by atoms with van der Waals surface area (Å²) in [7, 11) is 1.62. The van der Waals surface area contributed by atoms with Crippen LogP contribution in [0.5, 0.6) is 5.75 Å². The molecule has 0 aromatic heterocycles. The van der Waals surface area contributed by atoms with E-state index >= 15 is 0 Å². The van der Waals surface area contributed by atoms with E-state index in [9.17, 15) is 4.79 Å². The van der Waals surface area contributed by atoms with Gasteiger partial charge in [0.15, 0.2) is 0 Å². The number of rotatable bonds is 5. The molecule has 0 aliphatic heterocycles. The van der Waals surface area contributed by atoms with Crippen molar-refractivity contribution in [2.75, 3.05) is 7.11 Å². The van der Waals surface area contributed by atoms with Gasteiger partial charge in [0.05, 0.1) is 7.11 Å². The Morgan fingerprint density at radius 2 is 1.85 bits per heavy atom. The molecule has 3 heteroatoms. The maximum Gasteiger partial charge on any atom is 0.303 e. The van der Waals surface area contributed by atoms with Crippen molar-refractivity contribution in [3.05, 3.63) is 65.7 Å². The van der Waals surface area contributed by atoms with Crippen molar-refractivity contribution in [1.82, 2.24) is 0 Å². The molecule has 0 amide bonds. The molecule has 2 aromatic carbocycles. The minimum absolute atomic E-state index is 0.284. The van der Waals surface area contributed by atoms with Crippen molar-refractivity contribution in [2.45, 2.75) is 19.4 Å². The smallest absolute Gasteiger partial charge is 0.303 e. The highest BCUT2D eigenvalue weighted by atomic mass is 16.5. The van der Waals surface area contributed by atoms with Gasteiger partial charge in [0, 0.05) is 13.3 Å². The molecular weight excluding hydrogens is 252 g/mol. The molecule has 1 atom stereocenters. The molecule has 0 aliphatic rings. The lowest BCUT2D eigenvalue weighted by Gasteiger charge is -2.18. The Hall–Kier alpha value is -2.29. The molecular formula is C17H18O3. The van der Waals surface area contributed by atoms with E-state index in [0.29, 0.717) is 6.42 Å². The van der Waals surface area contributed by atoms with Gasteiger partial charge in [-0.2, -0.15) is 0 Å². The van der Waals surface area contributed by atoms with Crippen LogP contribution in [0.3, 0.4) is 0 Å². The molecule has 0 spiro atoms. The Balaban J connectivity index is 2.24. The molecule has 2 rings (SSSR count). The summed E-state index contributed by atoms with van der Waals surface area (Å²) in [6.07, 6.45) is 0.345. The summed E-state index contributed by atoms with van der Waals surface area (Å²) in [5.41, 5.74) is 2.06. The summed E-state index contributed by atoms with van der Waals surface area (Å²) in [5, 5.41) is 0. The second-order valence-electron chi connectivity index (χ2n) is 4.56. The van der Waals surface area contributed by atoms with E-state index in [2.05, 4.69) is 0 Å². The van der Waals surface area contributed by atoms with Crippen molar-refractivity contribution in [1.29, 1.82) is 0 Å². The second-order valence-corrected chi connectivity index (χ2v) is 4.56. The van der Waals surface area contributed by atoms with E-state index in [-0.39, 0.29) is 12.1 Å². The fraction of sp³-hybridized carbons (Fsp3) is 0.235. The van der Waals surface area contributed by atoms with Crippen LogP contribution in [0.4, 0.5) is 0 Å². The third kappa shape index (κ3) is 3.85. The Morgan fingerprint density at radius 3 is 2.50 bits per heavy atom. The summed E-state index contributed by atoms with van der Waals surface area (Å²) in [4.78, 5) is 11.3. The second kappa shape index (κ2) is 6.75. The number of ether oxygens (including phenoxy) is 2. The third-order valence-electron chi connectivity index (χ3n) is 3.04. The maximum absolute atomic E-state index is 11.3. The van der Waals surface area contributed by atoms with Gasteiger partial charge >= 0.3 is 5.97 Å². The van der Waals surface area contributed by atoms with E-state index in [1.807, 2.05) is 54.6 Å². The minimum atomic E-state index is -0.301. The Bertz CT molecular complexity index is 563. The third-order valence-corrected chi connectivity index (χ3v) is 3.04. The molecule has 104 valence electrons. The first-order valence-electron chi connectivity index (χ1n) is 6.54. The highest BCUT2D eigenvalue weighted by Gasteiger charge is 2.16. The normalized spacial score (nSPS) is 11.7. The number of carbonyl (C=O) groups excluding carboxylic acids is 1. The first-order valence-corrected chi connectivity index (χ1v) is 6.54. The number of hydrogen-bond acceptors (Lipinski definition) is 3. The van der Waals surface area contributed by atoms with Crippen LogP contribution in [0.1, 0.15) is 24.2 Å². The van der Waals surface area contributed by atoms with E-state index in [4.69, 9.17) is 9.47 Å². The highest BCUT2D eigenvalue weighted by Crippen LogP contribution is 2.25. The average molecular weight is 270 g/mol. The zero-order chi connectivity index (χ0) is 14.4. The molecule has 0 fully saturated rings. The van der Waals surface area contributed by atoms with Gasteiger partial charge in [-0.05, 0) is 23.3 Å². The first kappa shape index (κ1) is 14.1. The van der Waals surface area contributed by atoms with E-state index in [1.165, 1.54) is 6.92 Å². The van der Waals surface area contributed by atoms with Crippen molar-refractivity contribution in [2.24, 2.45) is 0 Å². The lowest BCUT2D eigenvalue weighted by atomic mass is 10.0. The van der Waals surface area contributed by atoms with Gasteiger partial charge in [0.1, 0.15) is 11.9 Å². The van der Waals surface area contributed by atoms with E-state index in [0.717, 1.165) is 16.9 Å². The monoisotopic (exact) mass is 270 g/mol. The van der Waals surface area contributed by atoms with Gasteiger partial charge < -0.3 is 9.47 Å². The molecule has 0 N–H and O–H groups in total. The summed E-state index contributed by atoms with van der Waals surface area (Å²) in [5.74, 6) is 0.474. The van der Waals surface area contributed by atoms with Crippen LogP contribution in [-0.4, -0.2) is 13.1 Å².